The fraction of sp³-hybridized carbons (Fsp3) is 0.500. The van der Waals surface area contributed by atoms with Crippen molar-refractivity contribution in [3.63, 3.8) is 0 Å². The zero-order valence-corrected chi connectivity index (χ0v) is 25.1. The van der Waals surface area contributed by atoms with Gasteiger partial charge in [-0.15, -0.1) is 0 Å². The first-order valence-electron chi connectivity index (χ1n) is 15.9. The van der Waals surface area contributed by atoms with Gasteiger partial charge in [0.2, 0.25) is 6.54 Å². The monoisotopic (exact) mass is 595 g/mol. The molecule has 3 fully saturated rings. The van der Waals surface area contributed by atoms with Gasteiger partial charge in [-0.05, 0) is 87.7 Å². The summed E-state index contributed by atoms with van der Waals surface area (Å²) in [5.74, 6) is -1.11. The molecule has 9 nitrogen and oxygen atoms in total. The number of amides is 1. The SMILES string of the molecule is [C-]#[N+]C[C@H]1CN(c2nc(OCC34CCCN3CCC4)nc3nc(-c4cccc5c4CCCC5)ccc23)CCN1C(=O)C(=C)F. The lowest BCUT2D eigenvalue weighted by Gasteiger charge is -2.39. The Morgan fingerprint density at radius 3 is 2.66 bits per heavy atom. The fourth-order valence-electron chi connectivity index (χ4n) is 7.84. The first-order valence-corrected chi connectivity index (χ1v) is 15.9. The summed E-state index contributed by atoms with van der Waals surface area (Å²) < 4.78 is 20.3. The smallest absolute Gasteiger partial charge is 0.320 e. The van der Waals surface area contributed by atoms with E-state index in [1.54, 1.807) is 0 Å². The number of aromatic nitrogens is 3. The minimum absolute atomic E-state index is 0.0400. The maximum absolute atomic E-state index is 13.8. The van der Waals surface area contributed by atoms with Crippen molar-refractivity contribution in [1.29, 1.82) is 0 Å². The molecule has 0 spiro atoms. The topological polar surface area (TPSA) is 79.1 Å². The molecule has 5 heterocycles. The van der Waals surface area contributed by atoms with Gasteiger partial charge in [-0.1, -0.05) is 24.8 Å². The van der Waals surface area contributed by atoms with Crippen LogP contribution in [0.25, 0.3) is 27.1 Å². The lowest BCUT2D eigenvalue weighted by atomic mass is 9.87. The molecule has 3 aromatic rings. The number of benzene rings is 1. The Bertz CT molecular complexity index is 1640. The van der Waals surface area contributed by atoms with E-state index in [1.807, 2.05) is 12.1 Å². The van der Waals surface area contributed by atoms with Gasteiger partial charge in [0.05, 0.1) is 16.6 Å². The molecule has 0 bridgehead atoms. The average molecular weight is 596 g/mol. The highest BCUT2D eigenvalue weighted by Crippen LogP contribution is 2.39. The van der Waals surface area contributed by atoms with E-state index in [4.69, 9.17) is 26.3 Å². The maximum Gasteiger partial charge on any atom is 0.320 e. The number of rotatable bonds is 7. The van der Waals surface area contributed by atoms with Gasteiger partial charge in [0.25, 0.3) is 5.91 Å². The van der Waals surface area contributed by atoms with Gasteiger partial charge in [0.15, 0.2) is 11.5 Å². The largest absolute Gasteiger partial charge is 0.461 e. The van der Waals surface area contributed by atoms with Gasteiger partial charge in [-0.3, -0.25) is 9.69 Å². The van der Waals surface area contributed by atoms with Crippen molar-refractivity contribution in [2.45, 2.75) is 62.9 Å². The van der Waals surface area contributed by atoms with Crippen LogP contribution in [0.3, 0.4) is 0 Å². The lowest BCUT2D eigenvalue weighted by molar-refractivity contribution is -0.131. The van der Waals surface area contributed by atoms with Gasteiger partial charge < -0.3 is 19.4 Å². The molecule has 44 heavy (non-hydrogen) atoms. The van der Waals surface area contributed by atoms with E-state index in [2.05, 4.69) is 39.4 Å². The third-order valence-electron chi connectivity index (χ3n) is 10.0. The number of fused-ring (bicyclic) bond motifs is 3. The molecular weight excluding hydrogens is 557 g/mol. The first-order chi connectivity index (χ1) is 21.5. The Hall–Kier alpha value is -4.10. The Kier molecular flexibility index (Phi) is 7.67. The number of nitrogens with zero attached hydrogens (tertiary/aromatic N) is 7. The number of aryl methyl sites for hydroxylation is 1. The van der Waals surface area contributed by atoms with Crippen molar-refractivity contribution in [3.05, 3.63) is 65.3 Å². The van der Waals surface area contributed by atoms with E-state index in [-0.39, 0.29) is 24.6 Å². The summed E-state index contributed by atoms with van der Waals surface area (Å²) in [6, 6.07) is 10.3. The van der Waals surface area contributed by atoms with Crippen LogP contribution in [-0.2, 0) is 17.6 Å². The molecule has 0 N–H and O–H groups in total. The molecule has 0 radical (unpaired) electrons. The highest BCUT2D eigenvalue weighted by molar-refractivity contribution is 5.92. The highest BCUT2D eigenvalue weighted by Gasteiger charge is 2.45. The molecule has 228 valence electrons. The van der Waals surface area contributed by atoms with Crippen molar-refractivity contribution in [1.82, 2.24) is 24.8 Å². The first kappa shape index (κ1) is 28.7. The van der Waals surface area contributed by atoms with E-state index in [0.717, 1.165) is 55.4 Å². The Balaban J connectivity index is 1.27. The molecule has 1 aliphatic carbocycles. The van der Waals surface area contributed by atoms with Crippen LogP contribution in [0.4, 0.5) is 10.2 Å². The van der Waals surface area contributed by atoms with Crippen LogP contribution < -0.4 is 9.64 Å². The Morgan fingerprint density at radius 2 is 1.86 bits per heavy atom. The second-order valence-electron chi connectivity index (χ2n) is 12.6. The van der Waals surface area contributed by atoms with Gasteiger partial charge in [-0.2, -0.15) is 9.97 Å². The van der Waals surface area contributed by atoms with Crippen LogP contribution in [0, 0.1) is 6.57 Å². The van der Waals surface area contributed by atoms with E-state index >= 15 is 0 Å². The van der Waals surface area contributed by atoms with Crippen LogP contribution in [0.15, 0.2) is 42.7 Å². The summed E-state index contributed by atoms with van der Waals surface area (Å²) in [5, 5.41) is 0.781. The number of ether oxygens (including phenoxy) is 1. The minimum atomic E-state index is -1.01. The number of pyridine rings is 1. The maximum atomic E-state index is 13.8. The Labute approximate surface area is 257 Å². The number of carbonyl (C=O) groups excluding carboxylic acids is 1. The molecule has 0 unspecified atom stereocenters. The normalized spacial score (nSPS) is 21.1. The van der Waals surface area contributed by atoms with E-state index in [0.29, 0.717) is 31.2 Å². The van der Waals surface area contributed by atoms with E-state index in [1.165, 1.54) is 41.7 Å². The zero-order valence-electron chi connectivity index (χ0n) is 25.1. The molecule has 1 atom stereocenters. The summed E-state index contributed by atoms with van der Waals surface area (Å²) in [4.78, 5) is 37.0. The second kappa shape index (κ2) is 11.8. The molecule has 0 saturated carbocycles. The van der Waals surface area contributed by atoms with Crippen LogP contribution in [0.2, 0.25) is 0 Å². The summed E-state index contributed by atoms with van der Waals surface area (Å²) in [5.41, 5.74) is 5.39. The highest BCUT2D eigenvalue weighted by atomic mass is 19.1. The molecule has 4 aliphatic rings. The van der Waals surface area contributed by atoms with Gasteiger partial charge in [-0.25, -0.2) is 15.9 Å². The summed E-state index contributed by atoms with van der Waals surface area (Å²) in [6.45, 7) is 14.5. The molecule has 1 aromatic carbocycles. The molecule has 7 rings (SSSR count). The van der Waals surface area contributed by atoms with Gasteiger partial charge in [0, 0.05) is 25.2 Å². The van der Waals surface area contributed by atoms with Crippen LogP contribution >= 0.6 is 0 Å². The summed E-state index contributed by atoms with van der Waals surface area (Å²) in [7, 11) is 0. The second-order valence-corrected chi connectivity index (χ2v) is 12.6. The molecule has 3 aliphatic heterocycles. The standard InChI is InChI=1S/C34H38FN7O2/c1-23(35)32(43)42-19-18-40(21-25(42)20-36-2)31-28-12-13-29(27-11-5-9-24-8-3-4-10-26(24)27)37-30(28)38-33(39-31)44-22-34-14-6-16-41(34)17-7-15-34/h5,9,11-13,25H,1,3-4,6-8,10,14-22H2/t25-/m0/s1. The third-order valence-corrected chi connectivity index (χ3v) is 10.0. The zero-order chi connectivity index (χ0) is 30.3. The van der Waals surface area contributed by atoms with Crippen LogP contribution in [0.1, 0.15) is 49.7 Å². The predicted molar refractivity (Wildman–Crippen MR) is 167 cm³/mol. The number of anilines is 1. The van der Waals surface area contributed by atoms with Gasteiger partial charge >= 0.3 is 6.01 Å². The Morgan fingerprint density at radius 1 is 1.05 bits per heavy atom. The number of halogens is 1. The van der Waals surface area contributed by atoms with Crippen LogP contribution in [-0.4, -0.2) is 88.1 Å². The van der Waals surface area contributed by atoms with Crippen LogP contribution in [0.5, 0.6) is 6.01 Å². The van der Waals surface area contributed by atoms with Crippen molar-refractivity contribution in [2.24, 2.45) is 0 Å². The average Bonchev–Trinajstić information content (AvgIpc) is 3.63. The minimum Gasteiger partial charge on any atom is -0.461 e. The van der Waals surface area contributed by atoms with Crippen molar-refractivity contribution >= 4 is 22.8 Å². The molecule has 10 heteroatoms. The molecule has 2 aromatic heterocycles. The van der Waals surface area contributed by atoms with Gasteiger partial charge in [0.1, 0.15) is 18.5 Å². The summed E-state index contributed by atoms with van der Waals surface area (Å²) >= 11 is 0. The van der Waals surface area contributed by atoms with E-state index < -0.39 is 17.8 Å². The molecule has 1 amide bonds. The summed E-state index contributed by atoms with van der Waals surface area (Å²) in [6.07, 6.45) is 9.11. The number of hydrogen-bond acceptors (Lipinski definition) is 7. The third kappa shape index (κ3) is 5.17. The van der Waals surface area contributed by atoms with Crippen molar-refractivity contribution in [3.8, 4) is 17.3 Å². The van der Waals surface area contributed by atoms with Crippen molar-refractivity contribution < 1.29 is 13.9 Å². The van der Waals surface area contributed by atoms with Crippen molar-refractivity contribution in [2.75, 3.05) is 50.8 Å². The quantitative estimate of drug-likeness (QED) is 0.281. The van der Waals surface area contributed by atoms with E-state index in [9.17, 15) is 9.18 Å². The fourth-order valence-corrected chi connectivity index (χ4v) is 7.84. The number of carbonyl (C=O) groups is 1. The molecular formula is C34H38FN7O2. The lowest BCUT2D eigenvalue weighted by Crippen LogP contribution is -2.56. The predicted octanol–water partition coefficient (Wildman–Crippen LogP) is 5.00. The number of hydrogen-bond donors (Lipinski definition) is 0. The molecule has 3 saturated heterocycles. The number of piperazine rings is 1.